The molecule has 0 saturated carbocycles. The molecule has 1 rings (SSSR count). The molecule has 3 N–H and O–H groups in total. The molecule has 0 atom stereocenters. The third kappa shape index (κ3) is 3.02. The lowest BCUT2D eigenvalue weighted by atomic mass is 10.3. The minimum Gasteiger partial charge on any atom is -0.497 e. The van der Waals surface area contributed by atoms with Gasteiger partial charge in [0.15, 0.2) is 0 Å². The van der Waals surface area contributed by atoms with Crippen molar-refractivity contribution >= 4 is 10.1 Å². The van der Waals surface area contributed by atoms with Crippen molar-refractivity contribution < 1.29 is 23.2 Å². The monoisotopic (exact) mass is 206 g/mol. The Morgan fingerprint density at radius 1 is 1.23 bits per heavy atom. The van der Waals surface area contributed by atoms with Gasteiger partial charge in [0.05, 0.1) is 12.0 Å². The minimum absolute atomic E-state index is 0. The van der Waals surface area contributed by atoms with Crippen molar-refractivity contribution in [2.75, 3.05) is 7.11 Å². The molecule has 13 heavy (non-hydrogen) atoms. The van der Waals surface area contributed by atoms with Crippen LogP contribution in [0.4, 0.5) is 0 Å². The highest BCUT2D eigenvalue weighted by atomic mass is 32.2. The van der Waals surface area contributed by atoms with Gasteiger partial charge in [0.2, 0.25) is 0 Å². The van der Waals surface area contributed by atoms with E-state index < -0.39 is 10.1 Å². The van der Waals surface area contributed by atoms with Crippen molar-refractivity contribution in [2.45, 2.75) is 4.90 Å². The standard InChI is InChI=1S/C7H8O4S.H2O/c1-11-6-2-4-7(5-3-6)12(8,9)10;/h2-5H,1H3,(H,8,9,10);1H2. The highest BCUT2D eigenvalue weighted by molar-refractivity contribution is 7.85. The van der Waals surface area contributed by atoms with Gasteiger partial charge in [-0.15, -0.1) is 0 Å². The molecule has 5 nitrogen and oxygen atoms in total. The third-order valence-electron chi connectivity index (χ3n) is 1.36. The predicted octanol–water partition coefficient (Wildman–Crippen LogP) is 0.117. The Labute approximate surface area is 76.0 Å². The molecule has 0 heterocycles. The Balaban J connectivity index is 0.00000144. The molecule has 0 aromatic heterocycles. The first-order valence-electron chi connectivity index (χ1n) is 3.15. The van der Waals surface area contributed by atoms with E-state index in [9.17, 15) is 8.42 Å². The minimum atomic E-state index is -4.08. The highest BCUT2D eigenvalue weighted by Gasteiger charge is 2.07. The van der Waals surface area contributed by atoms with E-state index in [4.69, 9.17) is 9.29 Å². The zero-order valence-electron chi connectivity index (χ0n) is 6.89. The van der Waals surface area contributed by atoms with E-state index in [1.54, 1.807) is 0 Å². The van der Waals surface area contributed by atoms with Crippen LogP contribution in [0, 0.1) is 0 Å². The fourth-order valence-electron chi connectivity index (χ4n) is 0.748. The molecule has 0 saturated heterocycles. The fraction of sp³-hybridized carbons (Fsp3) is 0.143. The lowest BCUT2D eigenvalue weighted by Crippen LogP contribution is -1.97. The van der Waals surface area contributed by atoms with Crippen LogP contribution >= 0.6 is 0 Å². The van der Waals surface area contributed by atoms with Crippen molar-refractivity contribution in [1.29, 1.82) is 0 Å². The van der Waals surface area contributed by atoms with Crippen LogP contribution in [0.25, 0.3) is 0 Å². The molecule has 0 fully saturated rings. The van der Waals surface area contributed by atoms with E-state index in [-0.39, 0.29) is 10.4 Å². The van der Waals surface area contributed by atoms with Crippen molar-refractivity contribution in [3.8, 4) is 5.75 Å². The van der Waals surface area contributed by atoms with Crippen LogP contribution in [-0.4, -0.2) is 25.6 Å². The van der Waals surface area contributed by atoms with Gasteiger partial charge >= 0.3 is 0 Å². The molecule has 1 aromatic rings. The summed E-state index contributed by atoms with van der Waals surface area (Å²) in [5.74, 6) is 0.544. The summed E-state index contributed by atoms with van der Waals surface area (Å²) < 4.78 is 34.5. The largest absolute Gasteiger partial charge is 0.497 e. The van der Waals surface area contributed by atoms with Gasteiger partial charge in [0.25, 0.3) is 10.1 Å². The quantitative estimate of drug-likeness (QED) is 0.695. The van der Waals surface area contributed by atoms with Gasteiger partial charge in [-0.2, -0.15) is 8.42 Å². The number of benzene rings is 1. The fourth-order valence-corrected chi connectivity index (χ4v) is 1.23. The second-order valence-electron chi connectivity index (χ2n) is 2.15. The predicted molar refractivity (Wildman–Crippen MR) is 46.4 cm³/mol. The van der Waals surface area contributed by atoms with Crippen molar-refractivity contribution in [2.24, 2.45) is 0 Å². The number of hydrogen-bond acceptors (Lipinski definition) is 3. The Morgan fingerprint density at radius 3 is 2.00 bits per heavy atom. The average Bonchev–Trinajstić information content (AvgIpc) is 2.03. The van der Waals surface area contributed by atoms with Crippen LogP contribution in [0.1, 0.15) is 0 Å². The first-order chi connectivity index (χ1) is 5.54. The van der Waals surface area contributed by atoms with Crippen LogP contribution < -0.4 is 4.74 Å². The van der Waals surface area contributed by atoms with E-state index in [2.05, 4.69) is 0 Å². The summed E-state index contributed by atoms with van der Waals surface area (Å²) in [5, 5.41) is 0. The summed E-state index contributed by atoms with van der Waals surface area (Å²) in [4.78, 5) is -0.136. The topological polar surface area (TPSA) is 95.1 Å². The zero-order chi connectivity index (χ0) is 9.19. The summed E-state index contributed by atoms with van der Waals surface area (Å²) >= 11 is 0. The average molecular weight is 206 g/mol. The van der Waals surface area contributed by atoms with Gasteiger partial charge in [-0.05, 0) is 24.3 Å². The second kappa shape index (κ2) is 4.22. The Hall–Kier alpha value is -1.11. The molecule has 0 bridgehead atoms. The van der Waals surface area contributed by atoms with Crippen molar-refractivity contribution in [3.05, 3.63) is 24.3 Å². The van der Waals surface area contributed by atoms with Crippen molar-refractivity contribution in [3.63, 3.8) is 0 Å². The van der Waals surface area contributed by atoms with Crippen LogP contribution in [-0.2, 0) is 10.1 Å². The Morgan fingerprint density at radius 2 is 1.69 bits per heavy atom. The van der Waals surface area contributed by atoms with Gasteiger partial charge in [-0.3, -0.25) is 4.55 Å². The Kier molecular flexibility index (Phi) is 3.86. The van der Waals surface area contributed by atoms with Gasteiger partial charge in [0.1, 0.15) is 5.75 Å². The van der Waals surface area contributed by atoms with Gasteiger partial charge in [-0.25, -0.2) is 0 Å². The van der Waals surface area contributed by atoms with Crippen LogP contribution in [0.3, 0.4) is 0 Å². The molecule has 0 radical (unpaired) electrons. The van der Waals surface area contributed by atoms with E-state index in [1.807, 2.05) is 0 Å². The summed E-state index contributed by atoms with van der Waals surface area (Å²) in [5.41, 5.74) is 0. The van der Waals surface area contributed by atoms with Crippen LogP contribution in [0.2, 0.25) is 0 Å². The van der Waals surface area contributed by atoms with E-state index in [0.29, 0.717) is 5.75 Å². The zero-order valence-corrected chi connectivity index (χ0v) is 7.71. The molecule has 0 aliphatic rings. The highest BCUT2D eigenvalue weighted by Crippen LogP contribution is 2.14. The summed E-state index contributed by atoms with van der Waals surface area (Å²) in [7, 11) is -2.61. The van der Waals surface area contributed by atoms with Gasteiger partial charge < -0.3 is 10.2 Å². The maximum atomic E-state index is 10.5. The normalized spacial score (nSPS) is 10.3. The lowest BCUT2D eigenvalue weighted by molar-refractivity contribution is 0.414. The smallest absolute Gasteiger partial charge is 0.294 e. The first kappa shape index (κ1) is 11.9. The first-order valence-corrected chi connectivity index (χ1v) is 4.59. The maximum absolute atomic E-state index is 10.5. The summed E-state index contributed by atoms with van der Waals surface area (Å²) in [6.45, 7) is 0. The molecule has 0 unspecified atom stereocenters. The van der Waals surface area contributed by atoms with Crippen LogP contribution in [0.5, 0.6) is 5.75 Å². The van der Waals surface area contributed by atoms with Gasteiger partial charge in [0, 0.05) is 0 Å². The molecule has 1 aromatic carbocycles. The van der Waals surface area contributed by atoms with E-state index in [1.165, 1.54) is 31.4 Å². The molecule has 0 amide bonds. The molecule has 0 aliphatic heterocycles. The molecule has 0 aliphatic carbocycles. The summed E-state index contributed by atoms with van der Waals surface area (Å²) in [6, 6.07) is 5.47. The molecule has 0 spiro atoms. The van der Waals surface area contributed by atoms with E-state index >= 15 is 0 Å². The lowest BCUT2D eigenvalue weighted by Gasteiger charge is -1.99. The van der Waals surface area contributed by atoms with E-state index in [0.717, 1.165) is 0 Å². The maximum Gasteiger partial charge on any atom is 0.294 e. The number of rotatable bonds is 2. The second-order valence-corrected chi connectivity index (χ2v) is 3.57. The molecule has 74 valence electrons. The Bertz CT molecular complexity index is 353. The molecular weight excluding hydrogens is 196 g/mol. The third-order valence-corrected chi connectivity index (χ3v) is 2.23. The number of ether oxygens (including phenoxy) is 1. The molecule has 6 heteroatoms. The molecular formula is C7H10O5S. The summed E-state index contributed by atoms with van der Waals surface area (Å²) in [6.07, 6.45) is 0. The number of hydrogen-bond donors (Lipinski definition) is 1. The SMILES string of the molecule is COc1ccc(S(=O)(=O)O)cc1.O. The van der Waals surface area contributed by atoms with Gasteiger partial charge in [-0.1, -0.05) is 0 Å². The van der Waals surface area contributed by atoms with Crippen LogP contribution in [0.15, 0.2) is 29.2 Å². The van der Waals surface area contributed by atoms with Crippen molar-refractivity contribution in [1.82, 2.24) is 0 Å². The number of methoxy groups -OCH3 is 1.